The molecule has 15 heavy (non-hydrogen) atoms. The van der Waals surface area contributed by atoms with Crippen molar-refractivity contribution in [3.8, 4) is 0 Å². The second-order valence-electron chi connectivity index (χ2n) is 5.30. The lowest BCUT2D eigenvalue weighted by atomic mass is 9.96. The predicted molar refractivity (Wildman–Crippen MR) is 64.1 cm³/mol. The number of hydrogen-bond acceptors (Lipinski definition) is 3. The molecule has 0 aromatic rings. The van der Waals surface area contributed by atoms with E-state index in [-0.39, 0.29) is 0 Å². The van der Waals surface area contributed by atoms with Gasteiger partial charge in [-0.2, -0.15) is 0 Å². The standard InChI is InChI=1S/C12H25N3/c1-11-9-14(2)7-8-15(11)10-12-3-5-13-6-4-12/h11-13H,3-10H2,1-2H3. The molecule has 0 amide bonds. The maximum Gasteiger partial charge on any atom is 0.0195 e. The van der Waals surface area contributed by atoms with Crippen LogP contribution in [0, 0.1) is 5.92 Å². The molecule has 0 radical (unpaired) electrons. The molecular weight excluding hydrogens is 186 g/mol. The maximum atomic E-state index is 3.44. The molecule has 88 valence electrons. The molecule has 0 aliphatic carbocycles. The first-order valence-corrected chi connectivity index (χ1v) is 6.39. The van der Waals surface area contributed by atoms with Crippen LogP contribution in [-0.2, 0) is 0 Å². The lowest BCUT2D eigenvalue weighted by Gasteiger charge is -2.40. The minimum atomic E-state index is 0.749. The summed E-state index contributed by atoms with van der Waals surface area (Å²) in [5.41, 5.74) is 0. The van der Waals surface area contributed by atoms with Crippen molar-refractivity contribution in [2.24, 2.45) is 5.92 Å². The highest BCUT2D eigenvalue weighted by atomic mass is 15.3. The zero-order chi connectivity index (χ0) is 10.7. The molecule has 1 atom stereocenters. The van der Waals surface area contributed by atoms with Gasteiger partial charge in [-0.05, 0) is 45.8 Å². The summed E-state index contributed by atoms with van der Waals surface area (Å²) in [7, 11) is 2.23. The van der Waals surface area contributed by atoms with Crippen molar-refractivity contribution in [1.82, 2.24) is 15.1 Å². The van der Waals surface area contributed by atoms with Crippen molar-refractivity contribution in [2.45, 2.75) is 25.8 Å². The molecule has 0 saturated carbocycles. The number of likely N-dealkylation sites (N-methyl/N-ethyl adjacent to an activating group) is 1. The average Bonchev–Trinajstić information content (AvgIpc) is 2.24. The van der Waals surface area contributed by atoms with Crippen LogP contribution in [0.4, 0.5) is 0 Å². The number of piperidine rings is 1. The summed E-state index contributed by atoms with van der Waals surface area (Å²) in [6.07, 6.45) is 2.75. The summed E-state index contributed by atoms with van der Waals surface area (Å²) in [6.45, 7) is 9.91. The quantitative estimate of drug-likeness (QED) is 0.722. The third-order valence-electron chi connectivity index (χ3n) is 3.92. The highest BCUT2D eigenvalue weighted by Crippen LogP contribution is 2.17. The summed E-state index contributed by atoms with van der Waals surface area (Å²) < 4.78 is 0. The van der Waals surface area contributed by atoms with E-state index in [0.29, 0.717) is 0 Å². The monoisotopic (exact) mass is 211 g/mol. The highest BCUT2D eigenvalue weighted by Gasteiger charge is 2.24. The molecule has 2 fully saturated rings. The lowest BCUT2D eigenvalue weighted by Crippen LogP contribution is -2.52. The van der Waals surface area contributed by atoms with E-state index in [2.05, 4.69) is 29.1 Å². The second kappa shape index (κ2) is 5.28. The van der Waals surface area contributed by atoms with Gasteiger partial charge in [0.15, 0.2) is 0 Å². The van der Waals surface area contributed by atoms with E-state index in [4.69, 9.17) is 0 Å². The third-order valence-corrected chi connectivity index (χ3v) is 3.92. The fraction of sp³-hybridized carbons (Fsp3) is 1.00. The van der Waals surface area contributed by atoms with E-state index >= 15 is 0 Å². The van der Waals surface area contributed by atoms with Crippen LogP contribution in [0.5, 0.6) is 0 Å². The Kier molecular flexibility index (Phi) is 4.00. The molecule has 0 spiro atoms. The molecule has 0 bridgehead atoms. The molecule has 0 aromatic heterocycles. The first kappa shape index (κ1) is 11.4. The number of hydrogen-bond donors (Lipinski definition) is 1. The molecule has 1 unspecified atom stereocenters. The van der Waals surface area contributed by atoms with Gasteiger partial charge in [0.2, 0.25) is 0 Å². The first-order chi connectivity index (χ1) is 7.25. The molecule has 2 rings (SSSR count). The van der Waals surface area contributed by atoms with Crippen molar-refractivity contribution >= 4 is 0 Å². The van der Waals surface area contributed by atoms with E-state index in [1.54, 1.807) is 0 Å². The normalized spacial score (nSPS) is 32.0. The van der Waals surface area contributed by atoms with Crippen LogP contribution in [0.15, 0.2) is 0 Å². The maximum absolute atomic E-state index is 3.44. The van der Waals surface area contributed by atoms with E-state index in [9.17, 15) is 0 Å². The second-order valence-corrected chi connectivity index (χ2v) is 5.30. The number of nitrogens with zero attached hydrogens (tertiary/aromatic N) is 2. The van der Waals surface area contributed by atoms with Gasteiger partial charge in [-0.3, -0.25) is 4.90 Å². The van der Waals surface area contributed by atoms with Crippen LogP contribution in [0.3, 0.4) is 0 Å². The Morgan fingerprint density at radius 3 is 2.60 bits per heavy atom. The van der Waals surface area contributed by atoms with Gasteiger partial charge in [0.05, 0.1) is 0 Å². The third kappa shape index (κ3) is 3.16. The summed E-state index contributed by atoms with van der Waals surface area (Å²) in [5.74, 6) is 0.942. The molecule has 3 heteroatoms. The SMILES string of the molecule is CC1CN(C)CCN1CC1CCNCC1. The van der Waals surface area contributed by atoms with Gasteiger partial charge < -0.3 is 10.2 Å². The van der Waals surface area contributed by atoms with Crippen LogP contribution >= 0.6 is 0 Å². The van der Waals surface area contributed by atoms with Gasteiger partial charge >= 0.3 is 0 Å². The fourth-order valence-corrected chi connectivity index (χ4v) is 2.84. The van der Waals surface area contributed by atoms with Crippen molar-refractivity contribution < 1.29 is 0 Å². The van der Waals surface area contributed by atoms with Crippen LogP contribution in [0.1, 0.15) is 19.8 Å². The molecule has 2 aliphatic heterocycles. The number of nitrogens with one attached hydrogen (secondary N) is 1. The van der Waals surface area contributed by atoms with Crippen LogP contribution < -0.4 is 5.32 Å². The lowest BCUT2D eigenvalue weighted by molar-refractivity contribution is 0.0792. The fourth-order valence-electron chi connectivity index (χ4n) is 2.84. The van der Waals surface area contributed by atoms with Crippen molar-refractivity contribution in [3.63, 3.8) is 0 Å². The van der Waals surface area contributed by atoms with E-state index in [1.807, 2.05) is 0 Å². The Morgan fingerprint density at radius 2 is 1.93 bits per heavy atom. The molecule has 3 nitrogen and oxygen atoms in total. The Labute approximate surface area is 93.8 Å². The van der Waals surface area contributed by atoms with E-state index in [0.717, 1.165) is 12.0 Å². The van der Waals surface area contributed by atoms with Crippen molar-refractivity contribution in [3.05, 3.63) is 0 Å². The zero-order valence-corrected chi connectivity index (χ0v) is 10.2. The van der Waals surface area contributed by atoms with Gasteiger partial charge in [-0.15, -0.1) is 0 Å². The molecule has 2 heterocycles. The van der Waals surface area contributed by atoms with Crippen molar-refractivity contribution in [2.75, 3.05) is 46.3 Å². The topological polar surface area (TPSA) is 18.5 Å². The zero-order valence-electron chi connectivity index (χ0n) is 10.2. The Balaban J connectivity index is 1.77. The minimum absolute atomic E-state index is 0.749. The van der Waals surface area contributed by atoms with Crippen molar-refractivity contribution in [1.29, 1.82) is 0 Å². The molecule has 2 aliphatic rings. The molecule has 1 N–H and O–H groups in total. The van der Waals surface area contributed by atoms with Gasteiger partial charge in [-0.25, -0.2) is 0 Å². The summed E-state index contributed by atoms with van der Waals surface area (Å²) in [5, 5.41) is 3.44. The van der Waals surface area contributed by atoms with E-state index < -0.39 is 0 Å². The summed E-state index contributed by atoms with van der Waals surface area (Å²) >= 11 is 0. The van der Waals surface area contributed by atoms with Crippen LogP contribution in [-0.4, -0.2) is 62.2 Å². The highest BCUT2D eigenvalue weighted by molar-refractivity contribution is 4.80. The first-order valence-electron chi connectivity index (χ1n) is 6.39. The predicted octanol–water partition coefficient (Wildman–Crippen LogP) is 0.622. The molecule has 0 aromatic carbocycles. The van der Waals surface area contributed by atoms with Crippen LogP contribution in [0.2, 0.25) is 0 Å². The average molecular weight is 211 g/mol. The van der Waals surface area contributed by atoms with Gasteiger partial charge in [0.1, 0.15) is 0 Å². The Hall–Kier alpha value is -0.120. The molecule has 2 saturated heterocycles. The minimum Gasteiger partial charge on any atom is -0.317 e. The smallest absolute Gasteiger partial charge is 0.0195 e. The summed E-state index contributed by atoms with van der Waals surface area (Å²) in [4.78, 5) is 5.14. The van der Waals surface area contributed by atoms with Gasteiger partial charge in [0, 0.05) is 32.2 Å². The number of piperazine rings is 1. The van der Waals surface area contributed by atoms with Crippen LogP contribution in [0.25, 0.3) is 0 Å². The summed E-state index contributed by atoms with van der Waals surface area (Å²) in [6, 6.07) is 0.749. The van der Waals surface area contributed by atoms with E-state index in [1.165, 1.54) is 52.1 Å². The Morgan fingerprint density at radius 1 is 1.20 bits per heavy atom. The Bertz CT molecular complexity index is 189. The van der Waals surface area contributed by atoms with Gasteiger partial charge in [0.25, 0.3) is 0 Å². The molecular formula is C12H25N3. The number of rotatable bonds is 2. The largest absolute Gasteiger partial charge is 0.317 e. The van der Waals surface area contributed by atoms with Gasteiger partial charge in [-0.1, -0.05) is 0 Å².